The minimum Gasteiger partial charge on any atom is -0.467 e. The van der Waals surface area contributed by atoms with Gasteiger partial charge in [0.15, 0.2) is 18.3 Å². The molecule has 51 heavy (non-hydrogen) atoms. The molecule has 1 aromatic carbocycles. The Morgan fingerprint density at radius 2 is 1.41 bits per heavy atom. The van der Waals surface area contributed by atoms with E-state index in [1.165, 1.54) is 25.1 Å². The Morgan fingerprint density at radius 1 is 0.843 bits per heavy atom. The third kappa shape index (κ3) is 12.7. The zero-order valence-corrected chi connectivity index (χ0v) is 30.2. The summed E-state index contributed by atoms with van der Waals surface area (Å²) in [6.45, 7) is 12.4. The van der Waals surface area contributed by atoms with Crippen LogP contribution in [0.15, 0.2) is 18.2 Å². The van der Waals surface area contributed by atoms with E-state index in [9.17, 15) is 38.7 Å². The monoisotopic (exact) mass is 725 g/mol. The average Bonchev–Trinajstić information content (AvgIpc) is 3.00. The van der Waals surface area contributed by atoms with Gasteiger partial charge in [0.25, 0.3) is 0 Å². The second-order valence-electron chi connectivity index (χ2n) is 12.9. The van der Waals surface area contributed by atoms with Crippen LogP contribution in [0.4, 0.5) is 10.5 Å². The quantitative estimate of drug-likeness (QED) is 0.165. The van der Waals surface area contributed by atoms with Gasteiger partial charge in [-0.1, -0.05) is 19.9 Å². The molecule has 0 radical (unpaired) electrons. The van der Waals surface area contributed by atoms with Gasteiger partial charge in [-0.2, -0.15) is 0 Å². The summed E-state index contributed by atoms with van der Waals surface area (Å²) in [5.74, 6) is -5.72. The average molecular weight is 726 g/mol. The van der Waals surface area contributed by atoms with Crippen LogP contribution in [-0.2, 0) is 63.8 Å². The standard InChI is InChI=1S/C33H47N3O15/c1-15(2)23(36-32(44)51-33(7,8)9)29(42)34-16(3)28(41)35-21-12-11-20(14-37)13-22(21)49-31-27(48-19(6)40)25(47-18(5)39)24(46-17(4)38)26(50-31)30(43)45-10/h11-13,15-16,23-27,31,37H,14H2,1-10H3,(H,34,42)(H,35,41)(H,36,44)/t16-,23-,24-,25-,26-,27+,31+/m0/s1. The minimum absolute atomic E-state index is 0.0310. The molecule has 1 aliphatic heterocycles. The highest BCUT2D eigenvalue weighted by Gasteiger charge is 2.56. The molecule has 1 fully saturated rings. The van der Waals surface area contributed by atoms with Gasteiger partial charge in [0.2, 0.25) is 24.2 Å². The van der Waals surface area contributed by atoms with Crippen molar-refractivity contribution in [3.63, 3.8) is 0 Å². The Hall–Kier alpha value is -4.97. The number of hydrogen-bond acceptors (Lipinski definition) is 15. The molecule has 18 nitrogen and oxygen atoms in total. The van der Waals surface area contributed by atoms with Gasteiger partial charge in [-0.3, -0.25) is 24.0 Å². The molecule has 2 rings (SSSR count). The van der Waals surface area contributed by atoms with Gasteiger partial charge in [-0.15, -0.1) is 0 Å². The first kappa shape index (κ1) is 42.2. The molecule has 1 aromatic rings. The smallest absolute Gasteiger partial charge is 0.408 e. The summed E-state index contributed by atoms with van der Waals surface area (Å²) in [6.07, 6.45) is -9.27. The Kier molecular flexibility index (Phi) is 15.2. The fraction of sp³-hybridized carbons (Fsp3) is 0.606. The third-order valence-corrected chi connectivity index (χ3v) is 6.94. The SMILES string of the molecule is COC(=O)[C@H]1O[C@@H](Oc2cc(CO)ccc2NC(=O)[C@H](C)NC(=O)[C@@H](NC(=O)OC(C)(C)C)C(C)C)[C@H](OC(C)=O)[C@@H](OC(C)=O)[C@@H]1OC(C)=O. The Bertz CT molecular complexity index is 1460. The first-order valence-electron chi connectivity index (χ1n) is 15.9. The lowest BCUT2D eigenvalue weighted by molar-refractivity contribution is -0.282. The van der Waals surface area contributed by atoms with Crippen LogP contribution in [0.1, 0.15) is 67.9 Å². The number of nitrogens with one attached hydrogen (secondary N) is 3. The van der Waals surface area contributed by atoms with Crippen LogP contribution in [0.3, 0.4) is 0 Å². The number of rotatable bonds is 13. The number of amides is 3. The predicted octanol–water partition coefficient (Wildman–Crippen LogP) is 1.24. The summed E-state index contributed by atoms with van der Waals surface area (Å²) >= 11 is 0. The van der Waals surface area contributed by atoms with Gasteiger partial charge in [0.1, 0.15) is 23.4 Å². The Morgan fingerprint density at radius 3 is 1.92 bits per heavy atom. The van der Waals surface area contributed by atoms with Gasteiger partial charge in [-0.25, -0.2) is 9.59 Å². The molecule has 0 saturated carbocycles. The number of carbonyl (C=O) groups excluding carboxylic acids is 7. The van der Waals surface area contributed by atoms with Gasteiger partial charge in [0.05, 0.1) is 19.4 Å². The molecule has 7 atom stereocenters. The van der Waals surface area contributed by atoms with Crippen molar-refractivity contribution in [2.24, 2.45) is 5.92 Å². The second kappa shape index (κ2) is 18.3. The van der Waals surface area contributed by atoms with Crippen LogP contribution < -0.4 is 20.7 Å². The lowest BCUT2D eigenvalue weighted by Gasteiger charge is -2.43. The summed E-state index contributed by atoms with van der Waals surface area (Å²) in [5.41, 5.74) is -0.555. The van der Waals surface area contributed by atoms with Crippen molar-refractivity contribution in [3.05, 3.63) is 23.8 Å². The van der Waals surface area contributed by atoms with Crippen LogP contribution in [0.5, 0.6) is 5.75 Å². The highest BCUT2D eigenvalue weighted by atomic mass is 16.7. The summed E-state index contributed by atoms with van der Waals surface area (Å²) in [6, 6.07) is 1.89. The maximum atomic E-state index is 13.3. The number of anilines is 1. The summed E-state index contributed by atoms with van der Waals surface area (Å²) < 4.78 is 37.9. The van der Waals surface area contributed by atoms with E-state index in [2.05, 4.69) is 16.0 Å². The highest BCUT2D eigenvalue weighted by Crippen LogP contribution is 2.34. The minimum atomic E-state index is -1.76. The topological polar surface area (TPSA) is 240 Å². The zero-order chi connectivity index (χ0) is 38.8. The maximum Gasteiger partial charge on any atom is 0.408 e. The van der Waals surface area contributed by atoms with Crippen molar-refractivity contribution in [1.29, 1.82) is 0 Å². The van der Waals surface area contributed by atoms with Crippen LogP contribution in [0, 0.1) is 5.92 Å². The van der Waals surface area contributed by atoms with E-state index < -0.39 is 96.8 Å². The molecule has 0 aliphatic carbocycles. The van der Waals surface area contributed by atoms with Crippen molar-refractivity contribution >= 4 is 47.5 Å². The number of methoxy groups -OCH3 is 1. The molecule has 1 saturated heterocycles. The van der Waals surface area contributed by atoms with E-state index in [0.29, 0.717) is 0 Å². The number of esters is 4. The van der Waals surface area contributed by atoms with Crippen molar-refractivity contribution in [2.45, 2.75) is 117 Å². The molecule has 1 heterocycles. The van der Waals surface area contributed by atoms with E-state index in [1.54, 1.807) is 34.6 Å². The first-order valence-corrected chi connectivity index (χ1v) is 15.9. The zero-order valence-electron chi connectivity index (χ0n) is 30.2. The summed E-state index contributed by atoms with van der Waals surface area (Å²) in [7, 11) is 1.03. The molecular weight excluding hydrogens is 678 g/mol. The van der Waals surface area contributed by atoms with E-state index in [0.717, 1.165) is 27.9 Å². The molecule has 4 N–H and O–H groups in total. The number of alkyl carbamates (subject to hydrolysis) is 1. The van der Waals surface area contributed by atoms with Gasteiger partial charge >= 0.3 is 30.0 Å². The van der Waals surface area contributed by atoms with Gasteiger partial charge < -0.3 is 54.2 Å². The molecule has 0 bridgehead atoms. The van der Waals surface area contributed by atoms with E-state index >= 15 is 0 Å². The Labute approximate surface area is 295 Å². The number of carbonyl (C=O) groups is 7. The lowest BCUT2D eigenvalue weighted by atomic mass is 9.97. The van der Waals surface area contributed by atoms with E-state index in [4.69, 9.17) is 33.2 Å². The van der Waals surface area contributed by atoms with Gasteiger partial charge in [0, 0.05) is 20.8 Å². The molecule has 284 valence electrons. The lowest BCUT2D eigenvalue weighted by Crippen LogP contribution is -2.64. The summed E-state index contributed by atoms with van der Waals surface area (Å²) in [5, 5.41) is 17.5. The number of aliphatic hydroxyl groups is 1. The van der Waals surface area contributed by atoms with Crippen LogP contribution in [0.25, 0.3) is 0 Å². The number of aliphatic hydroxyl groups excluding tert-OH is 1. The van der Waals surface area contributed by atoms with Crippen LogP contribution >= 0.6 is 0 Å². The number of hydrogen-bond donors (Lipinski definition) is 4. The predicted molar refractivity (Wildman–Crippen MR) is 175 cm³/mol. The van der Waals surface area contributed by atoms with Crippen molar-refractivity contribution in [2.75, 3.05) is 12.4 Å². The molecule has 0 spiro atoms. The van der Waals surface area contributed by atoms with Crippen molar-refractivity contribution in [3.8, 4) is 5.75 Å². The first-order chi connectivity index (χ1) is 23.7. The third-order valence-electron chi connectivity index (χ3n) is 6.94. The fourth-order valence-corrected chi connectivity index (χ4v) is 4.74. The maximum absolute atomic E-state index is 13.3. The summed E-state index contributed by atoms with van der Waals surface area (Å²) in [4.78, 5) is 88.0. The van der Waals surface area contributed by atoms with Crippen molar-refractivity contribution in [1.82, 2.24) is 10.6 Å². The number of ether oxygens (including phenoxy) is 7. The van der Waals surface area contributed by atoms with Crippen LogP contribution in [-0.4, -0.2) is 102 Å². The fourth-order valence-electron chi connectivity index (χ4n) is 4.74. The number of benzene rings is 1. The molecule has 0 unspecified atom stereocenters. The van der Waals surface area contributed by atoms with E-state index in [-0.39, 0.29) is 22.9 Å². The Balaban J connectivity index is 2.44. The molecule has 1 aliphatic rings. The largest absolute Gasteiger partial charge is 0.467 e. The normalized spacial score (nSPS) is 21.2. The van der Waals surface area contributed by atoms with E-state index in [1.807, 2.05) is 0 Å². The van der Waals surface area contributed by atoms with Crippen molar-refractivity contribution < 1.29 is 71.8 Å². The van der Waals surface area contributed by atoms with Gasteiger partial charge in [-0.05, 0) is 51.3 Å². The highest BCUT2D eigenvalue weighted by molar-refractivity contribution is 5.99. The molecule has 0 aromatic heterocycles. The molecular formula is C33H47N3O15. The molecule has 3 amide bonds. The van der Waals surface area contributed by atoms with Crippen LogP contribution in [0.2, 0.25) is 0 Å². The second-order valence-corrected chi connectivity index (χ2v) is 12.9. The molecule has 18 heteroatoms.